The van der Waals surface area contributed by atoms with Crippen molar-refractivity contribution >= 4 is 21.7 Å². The third kappa shape index (κ3) is 2.45. The minimum Gasteiger partial charge on any atom is -0.493 e. The molecule has 0 radical (unpaired) electrons. The number of carbonyl (C=O) groups excluding carboxylic acids is 1. The summed E-state index contributed by atoms with van der Waals surface area (Å²) in [5, 5.41) is 0. The van der Waals surface area contributed by atoms with Gasteiger partial charge in [-0.2, -0.15) is 0 Å². The van der Waals surface area contributed by atoms with E-state index in [4.69, 9.17) is 4.74 Å². The quantitative estimate of drug-likeness (QED) is 0.807. The molecule has 2 heterocycles. The van der Waals surface area contributed by atoms with E-state index >= 15 is 0 Å². The first-order chi connectivity index (χ1) is 9.65. The normalized spacial score (nSPS) is 12.9. The molecular weight excluding hydrogens is 325 g/mol. The summed E-state index contributed by atoms with van der Waals surface area (Å²) in [5.74, 6) is -0.193. The van der Waals surface area contributed by atoms with Gasteiger partial charge in [0.25, 0.3) is 0 Å². The van der Waals surface area contributed by atoms with E-state index in [2.05, 4.69) is 20.9 Å². The highest BCUT2D eigenvalue weighted by atomic mass is 79.9. The van der Waals surface area contributed by atoms with E-state index in [1.165, 1.54) is 18.3 Å². The van der Waals surface area contributed by atoms with E-state index < -0.39 is 5.82 Å². The topological polar surface area (TPSA) is 39.2 Å². The molecule has 0 fully saturated rings. The zero-order valence-corrected chi connectivity index (χ0v) is 12.1. The van der Waals surface area contributed by atoms with Crippen molar-refractivity contribution in [2.75, 3.05) is 6.61 Å². The van der Waals surface area contributed by atoms with Crippen molar-refractivity contribution in [3.8, 4) is 5.75 Å². The molecule has 2 aromatic rings. The summed E-state index contributed by atoms with van der Waals surface area (Å²) >= 11 is 3.42. The third-order valence-electron chi connectivity index (χ3n) is 3.20. The average molecular weight is 336 g/mol. The summed E-state index contributed by atoms with van der Waals surface area (Å²) in [6.07, 6.45) is 2.32. The van der Waals surface area contributed by atoms with Crippen LogP contribution in [0.25, 0.3) is 0 Å². The van der Waals surface area contributed by atoms with E-state index in [9.17, 15) is 9.18 Å². The van der Waals surface area contributed by atoms with Gasteiger partial charge in [-0.3, -0.25) is 9.78 Å². The third-order valence-corrected chi connectivity index (χ3v) is 3.66. The maximum Gasteiger partial charge on any atom is 0.188 e. The predicted octanol–water partition coefficient (Wildman–Crippen LogP) is 3.34. The number of aromatic nitrogens is 1. The Morgan fingerprint density at radius 1 is 1.45 bits per heavy atom. The minimum absolute atomic E-state index is 0.0791. The molecule has 1 aliphatic heterocycles. The fraction of sp³-hybridized carbons (Fsp3) is 0.200. The molecule has 1 aromatic carbocycles. The van der Waals surface area contributed by atoms with Crippen LogP contribution in [0.1, 0.15) is 21.6 Å². The summed E-state index contributed by atoms with van der Waals surface area (Å²) in [4.78, 5) is 16.0. The molecule has 3 nitrogen and oxygen atoms in total. The van der Waals surface area contributed by atoms with Crippen LogP contribution in [0.3, 0.4) is 0 Å². The fourth-order valence-electron chi connectivity index (χ4n) is 2.32. The number of benzene rings is 1. The average Bonchev–Trinajstić information content (AvgIpc) is 2.87. The molecule has 20 heavy (non-hydrogen) atoms. The Balaban J connectivity index is 1.93. The van der Waals surface area contributed by atoms with Gasteiger partial charge in [0.15, 0.2) is 11.6 Å². The monoisotopic (exact) mass is 335 g/mol. The molecule has 0 amide bonds. The van der Waals surface area contributed by atoms with E-state index in [0.717, 1.165) is 27.8 Å². The number of pyridine rings is 1. The van der Waals surface area contributed by atoms with Crippen molar-refractivity contribution in [1.82, 2.24) is 4.98 Å². The number of ketones is 1. The molecule has 0 saturated carbocycles. The van der Waals surface area contributed by atoms with Crippen LogP contribution in [0.4, 0.5) is 4.39 Å². The van der Waals surface area contributed by atoms with Gasteiger partial charge in [-0.05, 0) is 29.8 Å². The molecule has 3 rings (SSSR count). The molecule has 0 saturated heterocycles. The van der Waals surface area contributed by atoms with Gasteiger partial charge in [0.05, 0.1) is 6.61 Å². The van der Waals surface area contributed by atoms with Gasteiger partial charge in [0, 0.05) is 29.1 Å². The zero-order valence-electron chi connectivity index (χ0n) is 10.5. The number of Topliss-reactive ketones (excluding diaryl/α,β-unsaturated/α-hetero) is 1. The predicted molar refractivity (Wildman–Crippen MR) is 75.6 cm³/mol. The van der Waals surface area contributed by atoms with Crippen molar-refractivity contribution in [1.29, 1.82) is 0 Å². The van der Waals surface area contributed by atoms with Gasteiger partial charge in [-0.15, -0.1) is 0 Å². The summed E-state index contributed by atoms with van der Waals surface area (Å²) in [6, 6.07) is 6.52. The lowest BCUT2D eigenvalue weighted by molar-refractivity contribution is 0.0983. The van der Waals surface area contributed by atoms with Crippen LogP contribution in [0.2, 0.25) is 0 Å². The van der Waals surface area contributed by atoms with Crippen LogP contribution in [0.5, 0.6) is 5.75 Å². The van der Waals surface area contributed by atoms with Crippen LogP contribution in [0.15, 0.2) is 34.9 Å². The van der Waals surface area contributed by atoms with Crippen LogP contribution in [0, 0.1) is 5.82 Å². The van der Waals surface area contributed by atoms with E-state index in [0.29, 0.717) is 6.61 Å². The highest BCUT2D eigenvalue weighted by molar-refractivity contribution is 9.10. The van der Waals surface area contributed by atoms with Crippen molar-refractivity contribution in [2.24, 2.45) is 0 Å². The molecule has 0 unspecified atom stereocenters. The first-order valence-electron chi connectivity index (χ1n) is 6.23. The van der Waals surface area contributed by atoms with Crippen molar-refractivity contribution in [3.05, 3.63) is 57.6 Å². The van der Waals surface area contributed by atoms with E-state index in [1.807, 2.05) is 12.1 Å². The highest BCUT2D eigenvalue weighted by Crippen LogP contribution is 2.33. The number of fused-ring (bicyclic) bond motifs is 1. The smallest absolute Gasteiger partial charge is 0.188 e. The Labute approximate surface area is 123 Å². The first-order valence-corrected chi connectivity index (χ1v) is 7.02. The maximum absolute atomic E-state index is 13.6. The lowest BCUT2D eigenvalue weighted by Crippen LogP contribution is -2.09. The molecular formula is C15H11BrFNO2. The number of hydrogen-bond donors (Lipinski definition) is 0. The Morgan fingerprint density at radius 3 is 3.10 bits per heavy atom. The largest absolute Gasteiger partial charge is 0.493 e. The highest BCUT2D eigenvalue weighted by Gasteiger charge is 2.21. The van der Waals surface area contributed by atoms with Gasteiger partial charge < -0.3 is 4.74 Å². The number of rotatable bonds is 3. The zero-order chi connectivity index (χ0) is 14.1. The van der Waals surface area contributed by atoms with Gasteiger partial charge >= 0.3 is 0 Å². The van der Waals surface area contributed by atoms with Crippen molar-refractivity contribution in [2.45, 2.75) is 12.8 Å². The fourth-order valence-corrected chi connectivity index (χ4v) is 2.88. The number of nitrogens with zero attached hydrogens (tertiary/aromatic N) is 1. The molecule has 1 aromatic heterocycles. The molecule has 0 N–H and O–H groups in total. The Kier molecular flexibility index (Phi) is 3.53. The van der Waals surface area contributed by atoms with Gasteiger partial charge in [0.1, 0.15) is 11.4 Å². The Hall–Kier alpha value is -1.75. The van der Waals surface area contributed by atoms with Gasteiger partial charge in [0.2, 0.25) is 0 Å². The summed E-state index contributed by atoms with van der Waals surface area (Å²) < 4.78 is 20.0. The second-order valence-corrected chi connectivity index (χ2v) is 5.50. The lowest BCUT2D eigenvalue weighted by atomic mass is 10.0. The van der Waals surface area contributed by atoms with Gasteiger partial charge in [-0.1, -0.05) is 15.9 Å². The molecule has 0 atom stereocenters. The number of carbonyl (C=O) groups is 1. The van der Waals surface area contributed by atoms with Crippen LogP contribution in [-0.4, -0.2) is 17.4 Å². The summed E-state index contributed by atoms with van der Waals surface area (Å²) in [6.45, 7) is 0.616. The first kappa shape index (κ1) is 13.2. The van der Waals surface area contributed by atoms with E-state index in [1.54, 1.807) is 0 Å². The standard InChI is InChI=1S/C15H11BrFNO2/c16-11-6-9-3-5-20-15(9)10(7-11)8-13(19)14-12(17)2-1-4-18-14/h1-2,4,6-7H,3,5,8H2. The second-order valence-electron chi connectivity index (χ2n) is 4.59. The maximum atomic E-state index is 13.6. The molecule has 0 bridgehead atoms. The van der Waals surface area contributed by atoms with Crippen LogP contribution >= 0.6 is 15.9 Å². The Morgan fingerprint density at radius 2 is 2.30 bits per heavy atom. The molecule has 102 valence electrons. The molecule has 1 aliphatic rings. The SMILES string of the molecule is O=C(Cc1cc(Br)cc2c1OCC2)c1ncccc1F. The van der Waals surface area contributed by atoms with E-state index in [-0.39, 0.29) is 17.9 Å². The molecule has 0 spiro atoms. The lowest BCUT2D eigenvalue weighted by Gasteiger charge is -2.08. The molecule has 5 heteroatoms. The second kappa shape index (κ2) is 5.32. The number of hydrogen-bond acceptors (Lipinski definition) is 3. The van der Waals surface area contributed by atoms with Gasteiger partial charge in [-0.25, -0.2) is 4.39 Å². The van der Waals surface area contributed by atoms with Crippen molar-refractivity contribution in [3.63, 3.8) is 0 Å². The van der Waals surface area contributed by atoms with Crippen molar-refractivity contribution < 1.29 is 13.9 Å². The Bertz CT molecular complexity index is 688. The van der Waals surface area contributed by atoms with Crippen LogP contribution < -0.4 is 4.74 Å². The number of ether oxygens (including phenoxy) is 1. The summed E-state index contributed by atoms with van der Waals surface area (Å²) in [7, 11) is 0. The summed E-state index contributed by atoms with van der Waals surface area (Å²) in [5.41, 5.74) is 1.71. The molecule has 0 aliphatic carbocycles. The number of halogens is 2. The van der Waals surface area contributed by atoms with Crippen LogP contribution in [-0.2, 0) is 12.8 Å². The minimum atomic E-state index is -0.593.